The van der Waals surface area contributed by atoms with Gasteiger partial charge in [-0.25, -0.2) is 4.39 Å². The SMILES string of the molecule is O=C1[C@H](CC[C@H](O)c2ccccc2F)[C@@H](c2cccc(-c3ccc(P(=O)(O)O)cc3O)c2)N1c1ccccc1. The predicted octanol–water partition coefficient (Wildman–Crippen LogP) is 5.22. The third-order valence-electron chi connectivity index (χ3n) is 7.12. The van der Waals surface area contributed by atoms with Crippen LogP contribution in [0, 0.1) is 11.7 Å². The Labute approximate surface area is 225 Å². The van der Waals surface area contributed by atoms with Crippen molar-refractivity contribution in [1.82, 2.24) is 0 Å². The van der Waals surface area contributed by atoms with Gasteiger partial charge < -0.3 is 24.9 Å². The Bertz CT molecular complexity index is 1560. The van der Waals surface area contributed by atoms with Crippen LogP contribution in [0.15, 0.2) is 97.1 Å². The summed E-state index contributed by atoms with van der Waals surface area (Å²) in [6.07, 6.45) is -0.531. The molecule has 0 spiro atoms. The molecule has 3 atom stereocenters. The molecule has 200 valence electrons. The first-order valence-electron chi connectivity index (χ1n) is 12.4. The largest absolute Gasteiger partial charge is 0.507 e. The minimum atomic E-state index is -4.52. The minimum Gasteiger partial charge on any atom is -0.507 e. The smallest absolute Gasteiger partial charge is 0.356 e. The molecule has 4 N–H and O–H groups in total. The van der Waals surface area contributed by atoms with Gasteiger partial charge in [0, 0.05) is 16.8 Å². The van der Waals surface area contributed by atoms with Crippen molar-refractivity contribution in [2.45, 2.75) is 25.0 Å². The number of aromatic hydroxyl groups is 1. The van der Waals surface area contributed by atoms with E-state index < -0.39 is 25.4 Å². The quantitative estimate of drug-likeness (QED) is 0.178. The van der Waals surface area contributed by atoms with Crippen LogP contribution in [-0.4, -0.2) is 25.9 Å². The molecule has 1 aliphatic rings. The Kier molecular flexibility index (Phi) is 7.38. The van der Waals surface area contributed by atoms with Gasteiger partial charge in [0.15, 0.2) is 0 Å². The Hall–Kier alpha value is -3.81. The highest BCUT2D eigenvalue weighted by atomic mass is 31.2. The maximum absolute atomic E-state index is 14.2. The lowest BCUT2D eigenvalue weighted by Gasteiger charge is -2.48. The minimum absolute atomic E-state index is 0.105. The average Bonchev–Trinajstić information content (AvgIpc) is 2.92. The van der Waals surface area contributed by atoms with E-state index in [4.69, 9.17) is 0 Å². The molecule has 9 heteroatoms. The number of β-lactam (4-membered cyclic amide) rings is 1. The molecule has 0 bridgehead atoms. The summed E-state index contributed by atoms with van der Waals surface area (Å²) < 4.78 is 25.8. The fraction of sp³-hybridized carbons (Fsp3) is 0.167. The zero-order chi connectivity index (χ0) is 27.7. The predicted molar refractivity (Wildman–Crippen MR) is 146 cm³/mol. The van der Waals surface area contributed by atoms with Gasteiger partial charge >= 0.3 is 7.60 Å². The Morgan fingerprint density at radius 2 is 1.62 bits per heavy atom. The number of hydrogen-bond donors (Lipinski definition) is 4. The number of amides is 1. The summed E-state index contributed by atoms with van der Waals surface area (Å²) in [4.78, 5) is 33.9. The van der Waals surface area contributed by atoms with Crippen LogP contribution in [0.1, 0.15) is 36.1 Å². The van der Waals surface area contributed by atoms with Crippen LogP contribution in [0.3, 0.4) is 0 Å². The number of phenols is 1. The number of benzene rings is 4. The Morgan fingerprint density at radius 3 is 2.31 bits per heavy atom. The molecule has 1 aliphatic heterocycles. The van der Waals surface area contributed by atoms with Crippen LogP contribution >= 0.6 is 7.60 Å². The normalized spacial score (nSPS) is 18.1. The molecule has 0 aliphatic carbocycles. The van der Waals surface area contributed by atoms with Crippen molar-refractivity contribution in [3.05, 3.63) is 114 Å². The lowest BCUT2D eigenvalue weighted by molar-refractivity contribution is -0.131. The van der Waals surface area contributed by atoms with Crippen molar-refractivity contribution >= 4 is 24.5 Å². The molecule has 7 nitrogen and oxygen atoms in total. The zero-order valence-corrected chi connectivity index (χ0v) is 21.7. The zero-order valence-electron chi connectivity index (χ0n) is 20.8. The number of phenolic OH excluding ortho intramolecular Hbond substituents is 1. The number of para-hydroxylation sites is 1. The molecule has 1 saturated heterocycles. The second-order valence-electron chi connectivity index (χ2n) is 9.58. The molecule has 5 rings (SSSR count). The molecule has 1 fully saturated rings. The summed E-state index contributed by atoms with van der Waals surface area (Å²) in [7, 11) is -4.52. The summed E-state index contributed by atoms with van der Waals surface area (Å²) in [6.45, 7) is 0. The first kappa shape index (κ1) is 26.8. The number of anilines is 1. The van der Waals surface area contributed by atoms with Crippen molar-refractivity contribution in [1.29, 1.82) is 0 Å². The van der Waals surface area contributed by atoms with Crippen LogP contribution in [0.2, 0.25) is 0 Å². The van der Waals surface area contributed by atoms with Gasteiger partial charge in [0.1, 0.15) is 11.6 Å². The molecule has 1 heterocycles. The second kappa shape index (κ2) is 10.8. The van der Waals surface area contributed by atoms with E-state index in [1.165, 1.54) is 24.3 Å². The van der Waals surface area contributed by atoms with Crippen molar-refractivity contribution in [3.8, 4) is 16.9 Å². The number of carbonyl (C=O) groups excluding carboxylic acids is 1. The first-order chi connectivity index (χ1) is 18.6. The van der Waals surface area contributed by atoms with E-state index in [1.54, 1.807) is 29.2 Å². The monoisotopic (exact) mass is 547 g/mol. The van der Waals surface area contributed by atoms with Crippen LogP contribution in [0.25, 0.3) is 11.1 Å². The maximum atomic E-state index is 14.2. The molecule has 0 aromatic heterocycles. The summed E-state index contributed by atoms with van der Waals surface area (Å²) in [5.41, 5.74) is 2.70. The first-order valence-corrected chi connectivity index (χ1v) is 14.1. The summed E-state index contributed by atoms with van der Waals surface area (Å²) >= 11 is 0. The lowest BCUT2D eigenvalue weighted by atomic mass is 9.77. The van der Waals surface area contributed by atoms with Crippen molar-refractivity contribution in [2.75, 3.05) is 4.90 Å². The molecule has 0 unspecified atom stereocenters. The van der Waals surface area contributed by atoms with E-state index in [-0.39, 0.29) is 35.0 Å². The summed E-state index contributed by atoms with van der Waals surface area (Å²) in [6, 6.07) is 25.9. The van der Waals surface area contributed by atoms with Crippen LogP contribution in [0.5, 0.6) is 5.75 Å². The standard InChI is InChI=1S/C30H27FNO6P/c31-26-12-5-4-11-24(26)27(33)16-15-25-29(32(30(25)35)21-9-2-1-3-10-21)20-8-6-7-19(17-20)23-14-13-22(18-28(23)34)39(36,37)38/h1-14,17-18,25,27,29,33-34H,15-16H2,(H2,36,37,38)/t25-,27+,29-/m1/s1. The van der Waals surface area contributed by atoms with Crippen LogP contribution < -0.4 is 10.2 Å². The molecule has 1 amide bonds. The molecule has 0 saturated carbocycles. The highest BCUT2D eigenvalue weighted by Crippen LogP contribution is 2.47. The fourth-order valence-corrected chi connectivity index (χ4v) is 5.72. The molecule has 39 heavy (non-hydrogen) atoms. The third kappa shape index (κ3) is 5.37. The van der Waals surface area contributed by atoms with Gasteiger partial charge in [-0.2, -0.15) is 0 Å². The molecule has 0 radical (unpaired) electrons. The van der Waals surface area contributed by atoms with E-state index >= 15 is 0 Å². The van der Waals surface area contributed by atoms with Gasteiger partial charge in [0.25, 0.3) is 0 Å². The topological polar surface area (TPSA) is 118 Å². The number of halogens is 1. The summed E-state index contributed by atoms with van der Waals surface area (Å²) in [5, 5.41) is 20.9. The Morgan fingerprint density at radius 1 is 0.897 bits per heavy atom. The second-order valence-corrected chi connectivity index (χ2v) is 11.2. The van der Waals surface area contributed by atoms with Crippen molar-refractivity contribution < 1.29 is 33.7 Å². The van der Waals surface area contributed by atoms with Crippen LogP contribution in [-0.2, 0) is 9.36 Å². The van der Waals surface area contributed by atoms with Gasteiger partial charge in [-0.05, 0) is 66.4 Å². The van der Waals surface area contributed by atoms with Crippen molar-refractivity contribution in [3.63, 3.8) is 0 Å². The van der Waals surface area contributed by atoms with Gasteiger partial charge in [-0.3, -0.25) is 9.36 Å². The van der Waals surface area contributed by atoms with Gasteiger partial charge in [-0.1, -0.05) is 54.6 Å². The average molecular weight is 548 g/mol. The Balaban J connectivity index is 1.46. The fourth-order valence-electron chi connectivity index (χ4n) is 5.16. The molecular formula is C30H27FNO6P. The van der Waals surface area contributed by atoms with Gasteiger partial charge in [0.2, 0.25) is 5.91 Å². The molecular weight excluding hydrogens is 520 g/mol. The van der Waals surface area contributed by atoms with E-state index in [9.17, 15) is 33.7 Å². The van der Waals surface area contributed by atoms with E-state index in [0.717, 1.165) is 17.3 Å². The number of nitrogens with zero attached hydrogens (tertiary/aromatic N) is 1. The number of hydrogen-bond acceptors (Lipinski definition) is 4. The van der Waals surface area contributed by atoms with Gasteiger partial charge in [0.05, 0.1) is 23.4 Å². The maximum Gasteiger partial charge on any atom is 0.356 e. The van der Waals surface area contributed by atoms with E-state index in [1.807, 2.05) is 42.5 Å². The third-order valence-corrected chi connectivity index (χ3v) is 8.07. The number of rotatable bonds is 8. The van der Waals surface area contributed by atoms with Crippen LogP contribution in [0.4, 0.5) is 10.1 Å². The molecule has 4 aromatic rings. The highest BCUT2D eigenvalue weighted by molar-refractivity contribution is 7.60. The number of carbonyl (C=O) groups is 1. The molecule has 4 aromatic carbocycles. The highest BCUT2D eigenvalue weighted by Gasteiger charge is 2.48. The number of aliphatic hydroxyl groups is 1. The van der Waals surface area contributed by atoms with E-state index in [0.29, 0.717) is 17.5 Å². The summed E-state index contributed by atoms with van der Waals surface area (Å²) in [5.74, 6) is -1.34. The van der Waals surface area contributed by atoms with E-state index in [2.05, 4.69) is 0 Å². The van der Waals surface area contributed by atoms with Crippen molar-refractivity contribution in [2.24, 2.45) is 5.92 Å². The number of aliphatic hydroxyl groups excluding tert-OH is 1. The van der Waals surface area contributed by atoms with Gasteiger partial charge in [-0.15, -0.1) is 0 Å². The lowest BCUT2D eigenvalue weighted by Crippen LogP contribution is -2.55.